The summed E-state index contributed by atoms with van der Waals surface area (Å²) in [4.78, 5) is 11.7. The monoisotopic (exact) mass is 385 g/mol. The molecule has 5 nitrogen and oxygen atoms in total. The van der Waals surface area contributed by atoms with Crippen LogP contribution in [0.25, 0.3) is 10.9 Å². The van der Waals surface area contributed by atoms with Gasteiger partial charge in [-0.25, -0.2) is 4.98 Å². The number of benzene rings is 1. The second-order valence-corrected chi connectivity index (χ2v) is 7.05. The third kappa shape index (κ3) is 2.85. The molecule has 3 heterocycles. The molecule has 6 heteroatoms. The lowest BCUT2D eigenvalue weighted by Crippen LogP contribution is -2.46. The van der Waals surface area contributed by atoms with Crippen LogP contribution in [0, 0.1) is 0 Å². The second kappa shape index (κ2) is 6.63. The van der Waals surface area contributed by atoms with Gasteiger partial charge in [0.2, 0.25) is 0 Å². The molecule has 4 rings (SSSR count). The van der Waals surface area contributed by atoms with Gasteiger partial charge in [0.05, 0.1) is 11.6 Å². The van der Waals surface area contributed by atoms with Gasteiger partial charge < -0.3 is 9.88 Å². The van der Waals surface area contributed by atoms with Gasteiger partial charge in [-0.3, -0.25) is 9.88 Å². The standard InChI is InChI=1S/C18H20BrN5/c1-23-9-8-22-18(23)16-11-20-7-10-24(16)12-13-4-5-15(19)14-3-2-6-21-17(13)14/h2-6,8-9,16,20H,7,10-12H2,1H3. The Labute approximate surface area is 149 Å². The average Bonchev–Trinajstić information content (AvgIpc) is 3.04. The molecule has 0 bridgehead atoms. The van der Waals surface area contributed by atoms with Crippen LogP contribution >= 0.6 is 15.9 Å². The first-order chi connectivity index (χ1) is 11.7. The van der Waals surface area contributed by atoms with Gasteiger partial charge in [0.25, 0.3) is 0 Å². The fourth-order valence-corrected chi connectivity index (χ4v) is 3.88. The lowest BCUT2D eigenvalue weighted by Gasteiger charge is -2.35. The Morgan fingerprint density at radius 1 is 1.25 bits per heavy atom. The van der Waals surface area contributed by atoms with E-state index in [4.69, 9.17) is 0 Å². The van der Waals surface area contributed by atoms with Crippen molar-refractivity contribution in [1.82, 2.24) is 24.8 Å². The summed E-state index contributed by atoms with van der Waals surface area (Å²) in [6, 6.07) is 8.68. The van der Waals surface area contributed by atoms with Crippen molar-refractivity contribution in [3.63, 3.8) is 0 Å². The Morgan fingerprint density at radius 2 is 2.17 bits per heavy atom. The van der Waals surface area contributed by atoms with E-state index in [2.05, 4.69) is 65.9 Å². The predicted molar refractivity (Wildman–Crippen MR) is 98.7 cm³/mol. The highest BCUT2D eigenvalue weighted by molar-refractivity contribution is 9.10. The number of pyridine rings is 1. The Morgan fingerprint density at radius 3 is 3.00 bits per heavy atom. The maximum absolute atomic E-state index is 4.62. The van der Waals surface area contributed by atoms with Crippen molar-refractivity contribution < 1.29 is 0 Å². The number of piperazine rings is 1. The molecular weight excluding hydrogens is 366 g/mol. The minimum atomic E-state index is 0.279. The molecule has 1 atom stereocenters. The highest BCUT2D eigenvalue weighted by atomic mass is 79.9. The lowest BCUT2D eigenvalue weighted by molar-refractivity contribution is 0.145. The van der Waals surface area contributed by atoms with Crippen LogP contribution in [0.2, 0.25) is 0 Å². The summed E-state index contributed by atoms with van der Waals surface area (Å²) >= 11 is 3.63. The predicted octanol–water partition coefficient (Wildman–Crippen LogP) is 2.88. The molecule has 1 saturated heterocycles. The zero-order valence-electron chi connectivity index (χ0n) is 13.6. The van der Waals surface area contributed by atoms with Crippen molar-refractivity contribution in [3.05, 3.63) is 58.7 Å². The van der Waals surface area contributed by atoms with Crippen LogP contribution in [0.1, 0.15) is 17.4 Å². The molecule has 1 aliphatic rings. The number of halogens is 1. The molecule has 1 fully saturated rings. The summed E-state index contributed by atoms with van der Waals surface area (Å²) in [6.45, 7) is 3.80. The third-order valence-electron chi connectivity index (χ3n) is 4.68. The molecule has 1 aliphatic heterocycles. The van der Waals surface area contributed by atoms with Crippen molar-refractivity contribution >= 4 is 26.8 Å². The molecule has 1 unspecified atom stereocenters. The molecule has 0 amide bonds. The largest absolute Gasteiger partial charge is 0.337 e. The van der Waals surface area contributed by atoms with Gasteiger partial charge >= 0.3 is 0 Å². The topological polar surface area (TPSA) is 46.0 Å². The maximum atomic E-state index is 4.62. The molecule has 0 radical (unpaired) electrons. The number of imidazole rings is 1. The highest BCUT2D eigenvalue weighted by Crippen LogP contribution is 2.28. The molecule has 24 heavy (non-hydrogen) atoms. The van der Waals surface area contributed by atoms with E-state index in [1.807, 2.05) is 24.7 Å². The van der Waals surface area contributed by atoms with Crippen molar-refractivity contribution in [3.8, 4) is 0 Å². The number of nitrogens with one attached hydrogen (secondary N) is 1. The summed E-state index contributed by atoms with van der Waals surface area (Å²) < 4.78 is 3.21. The van der Waals surface area contributed by atoms with Crippen LogP contribution in [0.15, 0.2) is 47.3 Å². The number of hydrogen-bond acceptors (Lipinski definition) is 4. The Balaban J connectivity index is 1.69. The third-order valence-corrected chi connectivity index (χ3v) is 5.38. The van der Waals surface area contributed by atoms with Gasteiger partial charge in [-0.05, 0) is 17.7 Å². The molecule has 0 saturated carbocycles. The highest BCUT2D eigenvalue weighted by Gasteiger charge is 2.27. The maximum Gasteiger partial charge on any atom is 0.127 e. The van der Waals surface area contributed by atoms with Gasteiger partial charge in [-0.1, -0.05) is 28.1 Å². The van der Waals surface area contributed by atoms with E-state index in [1.54, 1.807) is 0 Å². The van der Waals surface area contributed by atoms with E-state index in [0.717, 1.165) is 42.0 Å². The molecule has 124 valence electrons. The number of aryl methyl sites for hydroxylation is 1. The van der Waals surface area contributed by atoms with Gasteiger partial charge in [0, 0.05) is 61.7 Å². The first-order valence-corrected chi connectivity index (χ1v) is 8.97. The first kappa shape index (κ1) is 15.7. The molecule has 0 aliphatic carbocycles. The van der Waals surface area contributed by atoms with Crippen molar-refractivity contribution in [2.75, 3.05) is 19.6 Å². The van der Waals surface area contributed by atoms with E-state index >= 15 is 0 Å². The molecule has 3 aromatic rings. The average molecular weight is 386 g/mol. The van der Waals surface area contributed by atoms with Gasteiger partial charge in [-0.2, -0.15) is 0 Å². The smallest absolute Gasteiger partial charge is 0.127 e. The number of fused-ring (bicyclic) bond motifs is 1. The summed E-state index contributed by atoms with van der Waals surface area (Å²) in [6.07, 6.45) is 5.75. The van der Waals surface area contributed by atoms with E-state index in [9.17, 15) is 0 Å². The van der Waals surface area contributed by atoms with Crippen LogP contribution in [0.3, 0.4) is 0 Å². The van der Waals surface area contributed by atoms with E-state index in [1.165, 1.54) is 10.9 Å². The van der Waals surface area contributed by atoms with Crippen LogP contribution in [0.4, 0.5) is 0 Å². The SMILES string of the molecule is Cn1ccnc1C1CNCCN1Cc1ccc(Br)c2cccnc12. The fourth-order valence-electron chi connectivity index (χ4n) is 3.43. The summed E-state index contributed by atoms with van der Waals surface area (Å²) in [7, 11) is 2.06. The molecule has 0 spiro atoms. The zero-order valence-corrected chi connectivity index (χ0v) is 15.2. The van der Waals surface area contributed by atoms with Gasteiger partial charge in [0.1, 0.15) is 5.82 Å². The molecule has 1 aromatic carbocycles. The molecular formula is C18H20BrN5. The van der Waals surface area contributed by atoms with Crippen molar-refractivity contribution in [2.45, 2.75) is 12.6 Å². The number of aromatic nitrogens is 3. The van der Waals surface area contributed by atoms with Crippen LogP contribution in [-0.2, 0) is 13.6 Å². The molecule has 1 N–H and O–H groups in total. The lowest BCUT2D eigenvalue weighted by atomic mass is 10.1. The number of rotatable bonds is 3. The van der Waals surface area contributed by atoms with Gasteiger partial charge in [-0.15, -0.1) is 0 Å². The van der Waals surface area contributed by atoms with Crippen molar-refractivity contribution in [2.24, 2.45) is 7.05 Å². The summed E-state index contributed by atoms with van der Waals surface area (Å²) in [5, 5.41) is 4.66. The summed E-state index contributed by atoms with van der Waals surface area (Å²) in [5.41, 5.74) is 2.33. The minimum absolute atomic E-state index is 0.279. The normalized spacial score (nSPS) is 19.0. The fraction of sp³-hybridized carbons (Fsp3) is 0.333. The minimum Gasteiger partial charge on any atom is -0.337 e. The van der Waals surface area contributed by atoms with Crippen LogP contribution < -0.4 is 5.32 Å². The van der Waals surface area contributed by atoms with Crippen molar-refractivity contribution in [1.29, 1.82) is 0 Å². The Hall–Kier alpha value is -1.76. The van der Waals surface area contributed by atoms with E-state index in [-0.39, 0.29) is 6.04 Å². The van der Waals surface area contributed by atoms with E-state index < -0.39 is 0 Å². The Bertz CT molecular complexity index is 859. The zero-order chi connectivity index (χ0) is 16.5. The quantitative estimate of drug-likeness (QED) is 0.752. The number of hydrogen-bond donors (Lipinski definition) is 1. The molecule has 2 aromatic heterocycles. The Kier molecular flexibility index (Phi) is 4.35. The van der Waals surface area contributed by atoms with Gasteiger partial charge in [0.15, 0.2) is 0 Å². The first-order valence-electron chi connectivity index (χ1n) is 8.18. The van der Waals surface area contributed by atoms with Crippen LogP contribution in [-0.4, -0.2) is 39.1 Å². The van der Waals surface area contributed by atoms with Crippen LogP contribution in [0.5, 0.6) is 0 Å². The summed E-state index contributed by atoms with van der Waals surface area (Å²) in [5.74, 6) is 1.11. The second-order valence-electron chi connectivity index (χ2n) is 6.19. The van der Waals surface area contributed by atoms with E-state index in [0.29, 0.717) is 0 Å². The number of nitrogens with zero attached hydrogens (tertiary/aromatic N) is 4.